The van der Waals surface area contributed by atoms with Gasteiger partial charge in [-0.15, -0.1) is 0 Å². The number of hydrogen-bond acceptors (Lipinski definition) is 7. The van der Waals surface area contributed by atoms with Crippen LogP contribution in [0.15, 0.2) is 0 Å². The Morgan fingerprint density at radius 1 is 0.568 bits per heavy atom. The first-order valence-corrected chi connectivity index (χ1v) is 17.2. The highest BCUT2D eigenvalue weighted by Gasteiger charge is 2.25. The molecule has 1 aliphatic heterocycles. The number of nitrogens with zero attached hydrogens (tertiary/aromatic N) is 3. The zero-order chi connectivity index (χ0) is 27.0. The molecule has 0 saturated carbocycles. The average Bonchev–Trinajstić information content (AvgIpc) is 2.89. The summed E-state index contributed by atoms with van der Waals surface area (Å²) in [7, 11) is -3.40. The molecule has 0 aliphatic carbocycles. The molecule has 0 aromatic rings. The number of piperazine rings is 1. The minimum absolute atomic E-state index is 0.328. The van der Waals surface area contributed by atoms with Gasteiger partial charge >= 0.3 is 7.82 Å². The average molecular weight is 548 g/mol. The smallest absolute Gasteiger partial charge is 0.303 e. The zero-order valence-electron chi connectivity index (χ0n) is 25.1. The Morgan fingerprint density at radius 3 is 1.57 bits per heavy atom. The molecule has 8 heteroatoms. The van der Waals surface area contributed by atoms with E-state index in [-0.39, 0.29) is 0 Å². The van der Waals surface area contributed by atoms with E-state index in [1.807, 2.05) is 13.8 Å². The fourth-order valence-electron chi connectivity index (χ4n) is 5.01. The van der Waals surface area contributed by atoms with Crippen molar-refractivity contribution in [2.75, 3.05) is 78.7 Å². The fraction of sp³-hybridized carbons (Fsp3) is 1.00. The van der Waals surface area contributed by atoms with Gasteiger partial charge in [0, 0.05) is 32.7 Å². The van der Waals surface area contributed by atoms with Gasteiger partial charge in [0.05, 0.1) is 19.8 Å². The number of unbranched alkanes of at least 4 members (excludes halogenated alkanes) is 9. The van der Waals surface area contributed by atoms with E-state index < -0.39 is 7.82 Å². The number of hydrogen-bond donors (Lipinski definition) is 0. The van der Waals surface area contributed by atoms with Gasteiger partial charge < -0.3 is 14.7 Å². The Bertz CT molecular complexity index is 537. The van der Waals surface area contributed by atoms with Gasteiger partial charge in [-0.05, 0) is 65.7 Å². The van der Waals surface area contributed by atoms with Crippen molar-refractivity contribution in [3.63, 3.8) is 0 Å². The predicted octanol–water partition coefficient (Wildman–Crippen LogP) is 7.21. The van der Waals surface area contributed by atoms with Crippen LogP contribution in [0.4, 0.5) is 0 Å². The molecule has 37 heavy (non-hydrogen) atoms. The summed E-state index contributed by atoms with van der Waals surface area (Å²) < 4.78 is 28.6. The van der Waals surface area contributed by atoms with Gasteiger partial charge in [0.1, 0.15) is 0 Å². The minimum atomic E-state index is -3.40. The third-order valence-electron chi connectivity index (χ3n) is 7.26. The molecule has 0 spiro atoms. The number of phosphoric ester groups is 1. The molecule has 1 aliphatic rings. The molecule has 0 bridgehead atoms. The molecule has 0 aromatic heterocycles. The molecule has 0 N–H and O–H groups in total. The van der Waals surface area contributed by atoms with E-state index in [4.69, 9.17) is 13.6 Å². The molecule has 0 radical (unpaired) electrons. The molecule has 1 heterocycles. The van der Waals surface area contributed by atoms with Crippen LogP contribution in [-0.2, 0) is 18.1 Å². The van der Waals surface area contributed by atoms with Crippen LogP contribution in [0.3, 0.4) is 0 Å². The lowest BCUT2D eigenvalue weighted by Crippen LogP contribution is -2.47. The van der Waals surface area contributed by atoms with E-state index in [1.54, 1.807) is 0 Å². The van der Waals surface area contributed by atoms with Gasteiger partial charge in [-0.3, -0.25) is 13.6 Å². The summed E-state index contributed by atoms with van der Waals surface area (Å²) in [5.74, 6) is 0. The maximum atomic E-state index is 12.6. The summed E-state index contributed by atoms with van der Waals surface area (Å²) in [6.45, 7) is 19.8. The molecule has 1 fully saturated rings. The third-order valence-corrected chi connectivity index (χ3v) is 8.91. The summed E-state index contributed by atoms with van der Waals surface area (Å²) >= 11 is 0. The zero-order valence-corrected chi connectivity index (χ0v) is 26.0. The Labute approximate surface area is 230 Å². The molecule has 0 atom stereocenters. The van der Waals surface area contributed by atoms with Crippen molar-refractivity contribution in [2.24, 2.45) is 0 Å². The second-order valence-corrected chi connectivity index (χ2v) is 12.2. The van der Waals surface area contributed by atoms with Gasteiger partial charge in [0.2, 0.25) is 0 Å². The van der Waals surface area contributed by atoms with E-state index in [9.17, 15) is 4.57 Å². The topological polar surface area (TPSA) is 54.5 Å². The van der Waals surface area contributed by atoms with Crippen LogP contribution in [0, 0.1) is 0 Å². The Kier molecular flexibility index (Phi) is 22.6. The second-order valence-electron chi connectivity index (χ2n) is 10.5. The second kappa shape index (κ2) is 23.8. The van der Waals surface area contributed by atoms with E-state index in [0.717, 1.165) is 26.1 Å². The lowest BCUT2D eigenvalue weighted by atomic mass is 10.1. The third kappa shape index (κ3) is 18.8. The molecule has 0 aromatic carbocycles. The molecule has 7 nitrogen and oxygen atoms in total. The van der Waals surface area contributed by atoms with E-state index in [1.165, 1.54) is 116 Å². The van der Waals surface area contributed by atoms with Gasteiger partial charge in [-0.2, -0.15) is 0 Å². The molecule has 1 saturated heterocycles. The SMILES string of the molecule is CCCCCCCCCCCN(CCCOP(=O)(OCC)OCC)CCCN1CCN(CCCC)CC1. The van der Waals surface area contributed by atoms with Crippen LogP contribution in [0.25, 0.3) is 0 Å². The maximum Gasteiger partial charge on any atom is 0.474 e. The first-order valence-electron chi connectivity index (χ1n) is 15.8. The van der Waals surface area contributed by atoms with Crippen molar-refractivity contribution in [3.05, 3.63) is 0 Å². The number of phosphoric acid groups is 1. The lowest BCUT2D eigenvalue weighted by molar-refractivity contribution is 0.113. The summed E-state index contributed by atoms with van der Waals surface area (Å²) in [6, 6.07) is 0. The van der Waals surface area contributed by atoms with Gasteiger partial charge in [0.15, 0.2) is 0 Å². The first-order chi connectivity index (χ1) is 18.1. The number of rotatable bonds is 26. The first kappa shape index (κ1) is 35.0. The van der Waals surface area contributed by atoms with Crippen molar-refractivity contribution < 1.29 is 18.1 Å². The Morgan fingerprint density at radius 2 is 1.03 bits per heavy atom. The predicted molar refractivity (Wildman–Crippen MR) is 157 cm³/mol. The largest absolute Gasteiger partial charge is 0.474 e. The summed E-state index contributed by atoms with van der Waals surface area (Å²) in [5.41, 5.74) is 0. The quantitative estimate of drug-likeness (QED) is 0.0837. The highest BCUT2D eigenvalue weighted by Crippen LogP contribution is 2.49. The molecular weight excluding hydrogens is 485 g/mol. The van der Waals surface area contributed by atoms with Crippen molar-refractivity contribution in [1.82, 2.24) is 14.7 Å². The van der Waals surface area contributed by atoms with Gasteiger partial charge in [-0.1, -0.05) is 71.6 Å². The van der Waals surface area contributed by atoms with Crippen molar-refractivity contribution >= 4 is 7.82 Å². The Hall–Kier alpha value is -0.0100. The summed E-state index contributed by atoms with van der Waals surface area (Å²) in [6.07, 6.45) is 16.9. The van der Waals surface area contributed by atoms with Crippen LogP contribution in [0.1, 0.15) is 111 Å². The van der Waals surface area contributed by atoms with Crippen LogP contribution < -0.4 is 0 Å². The normalized spacial score (nSPS) is 15.7. The van der Waals surface area contributed by atoms with Gasteiger partial charge in [-0.25, -0.2) is 4.57 Å². The van der Waals surface area contributed by atoms with E-state index in [2.05, 4.69) is 28.5 Å². The highest BCUT2D eigenvalue weighted by atomic mass is 31.2. The summed E-state index contributed by atoms with van der Waals surface area (Å²) in [4.78, 5) is 7.86. The maximum absolute atomic E-state index is 12.6. The van der Waals surface area contributed by atoms with Crippen molar-refractivity contribution in [3.8, 4) is 0 Å². The monoisotopic (exact) mass is 547 g/mol. The van der Waals surface area contributed by atoms with Crippen LogP contribution >= 0.6 is 7.82 Å². The van der Waals surface area contributed by atoms with Crippen LogP contribution in [0.2, 0.25) is 0 Å². The molecule has 0 unspecified atom stereocenters. The molecule has 222 valence electrons. The minimum Gasteiger partial charge on any atom is -0.303 e. The van der Waals surface area contributed by atoms with Crippen molar-refractivity contribution in [1.29, 1.82) is 0 Å². The van der Waals surface area contributed by atoms with Crippen molar-refractivity contribution in [2.45, 2.75) is 111 Å². The van der Waals surface area contributed by atoms with E-state index >= 15 is 0 Å². The van der Waals surface area contributed by atoms with Crippen LogP contribution in [0.5, 0.6) is 0 Å². The fourth-order valence-corrected chi connectivity index (χ4v) is 6.22. The Balaban J connectivity index is 2.33. The van der Waals surface area contributed by atoms with Gasteiger partial charge in [0.25, 0.3) is 0 Å². The summed E-state index contributed by atoms with van der Waals surface area (Å²) in [5, 5.41) is 0. The van der Waals surface area contributed by atoms with E-state index in [0.29, 0.717) is 19.8 Å². The van der Waals surface area contributed by atoms with Crippen LogP contribution in [-0.4, -0.2) is 93.4 Å². The highest BCUT2D eigenvalue weighted by molar-refractivity contribution is 7.48. The standard InChI is InChI=1S/C29H62N3O4P/c1-5-9-11-12-13-14-15-16-17-21-30(24-19-29-36-37(33,34-7-3)35-8-4)22-18-23-32-27-25-31(26-28-32)20-10-6-2/h5-29H2,1-4H3. The molecule has 1 rings (SSSR count). The molecular formula is C29H62N3O4P. The molecule has 0 amide bonds. The lowest BCUT2D eigenvalue weighted by Gasteiger charge is -2.35.